The van der Waals surface area contributed by atoms with Crippen LogP contribution < -0.4 is 0 Å². The van der Waals surface area contributed by atoms with E-state index >= 15 is 0 Å². The Labute approximate surface area is 123 Å². The van der Waals surface area contributed by atoms with Crippen molar-refractivity contribution in [2.75, 3.05) is 0 Å². The first-order chi connectivity index (χ1) is 9.83. The fourth-order valence-electron chi connectivity index (χ4n) is 2.27. The first-order valence-electron chi connectivity index (χ1n) is 6.79. The fourth-order valence-corrected chi connectivity index (χ4v) is 2.79. The van der Waals surface area contributed by atoms with Gasteiger partial charge in [0.15, 0.2) is 0 Å². The molecule has 0 aliphatic carbocycles. The molecule has 0 aliphatic rings. The predicted molar refractivity (Wildman–Crippen MR) is 82.8 cm³/mol. The molecular weight excluding hydrogens is 266 g/mol. The van der Waals surface area contributed by atoms with Crippen LogP contribution in [0.25, 0.3) is 11.4 Å². The molecule has 0 aliphatic heterocycles. The Hall–Kier alpha value is -1.94. The maximum atomic E-state index is 4.43. The third-order valence-corrected chi connectivity index (χ3v) is 3.98. The van der Waals surface area contributed by atoms with Gasteiger partial charge in [-0.15, -0.1) is 0 Å². The van der Waals surface area contributed by atoms with Crippen LogP contribution in [0.3, 0.4) is 0 Å². The number of hydrogen-bond donors (Lipinski definition) is 0. The highest BCUT2D eigenvalue weighted by molar-refractivity contribution is 7.03. The van der Waals surface area contributed by atoms with E-state index in [0.29, 0.717) is 0 Å². The second kappa shape index (κ2) is 6.01. The zero-order chi connectivity index (χ0) is 13.8. The average molecular weight is 283 g/mol. The summed E-state index contributed by atoms with van der Waals surface area (Å²) in [5.74, 6) is 1.02. The number of hydrogen-bond acceptors (Lipinski definition) is 3. The third-order valence-electron chi connectivity index (χ3n) is 3.39. The minimum absolute atomic E-state index is 0.985. The summed E-state index contributed by atoms with van der Waals surface area (Å²) in [4.78, 5) is 4.43. The van der Waals surface area contributed by atoms with Crippen LogP contribution in [0.4, 0.5) is 0 Å². The van der Waals surface area contributed by atoms with Crippen molar-refractivity contribution in [2.24, 2.45) is 0 Å². The van der Waals surface area contributed by atoms with Crippen LogP contribution in [-0.2, 0) is 13.0 Å². The van der Waals surface area contributed by atoms with Crippen LogP contribution in [0.15, 0.2) is 48.2 Å². The van der Waals surface area contributed by atoms with Gasteiger partial charge in [-0.1, -0.05) is 29.8 Å². The quantitative estimate of drug-likeness (QED) is 0.710. The molecule has 0 unspecified atom stereocenters. The molecule has 3 nitrogen and oxygen atoms in total. The van der Waals surface area contributed by atoms with Crippen molar-refractivity contribution in [3.8, 4) is 11.4 Å². The van der Waals surface area contributed by atoms with Crippen LogP contribution in [-0.4, -0.2) is 13.9 Å². The van der Waals surface area contributed by atoms with Gasteiger partial charge in [0.2, 0.25) is 0 Å². The van der Waals surface area contributed by atoms with Gasteiger partial charge in [-0.2, -0.15) is 0 Å². The van der Waals surface area contributed by atoms with Crippen LogP contribution >= 0.6 is 11.5 Å². The van der Waals surface area contributed by atoms with E-state index in [-0.39, 0.29) is 0 Å². The largest absolute Gasteiger partial charge is 0.331 e. The Morgan fingerprint density at radius 3 is 2.80 bits per heavy atom. The van der Waals surface area contributed by atoms with Crippen molar-refractivity contribution in [3.05, 3.63) is 59.4 Å². The Kier molecular flexibility index (Phi) is 3.92. The summed E-state index contributed by atoms with van der Waals surface area (Å²) in [6.45, 7) is 3.11. The zero-order valence-corrected chi connectivity index (χ0v) is 12.3. The van der Waals surface area contributed by atoms with E-state index in [0.717, 1.165) is 30.8 Å². The summed E-state index contributed by atoms with van der Waals surface area (Å²) in [7, 11) is 0. The second-order valence-corrected chi connectivity index (χ2v) is 5.60. The predicted octanol–water partition coefficient (Wildman–Crippen LogP) is 3.95. The third kappa shape index (κ3) is 2.96. The molecule has 3 aromatic rings. The van der Waals surface area contributed by atoms with Gasteiger partial charge in [0.1, 0.15) is 5.82 Å². The average Bonchev–Trinajstić information content (AvgIpc) is 3.11. The minimum Gasteiger partial charge on any atom is -0.331 e. The lowest BCUT2D eigenvalue weighted by Gasteiger charge is -2.07. The van der Waals surface area contributed by atoms with Gasteiger partial charge < -0.3 is 4.57 Å². The molecule has 0 saturated carbocycles. The van der Waals surface area contributed by atoms with Gasteiger partial charge in [0.05, 0.1) is 6.20 Å². The highest BCUT2D eigenvalue weighted by Gasteiger charge is 2.06. The molecule has 0 saturated heterocycles. The normalized spacial score (nSPS) is 10.8. The Balaban J connectivity index is 1.62. The molecule has 0 radical (unpaired) electrons. The number of benzene rings is 1. The lowest BCUT2D eigenvalue weighted by molar-refractivity contribution is 0.648. The summed E-state index contributed by atoms with van der Waals surface area (Å²) in [5.41, 5.74) is 3.82. The molecule has 0 N–H and O–H groups in total. The highest BCUT2D eigenvalue weighted by atomic mass is 32.1. The van der Waals surface area contributed by atoms with Crippen molar-refractivity contribution >= 4 is 11.5 Å². The summed E-state index contributed by atoms with van der Waals surface area (Å²) in [6, 6.07) is 8.78. The van der Waals surface area contributed by atoms with Gasteiger partial charge in [-0.3, -0.25) is 0 Å². The Morgan fingerprint density at radius 2 is 2.05 bits per heavy atom. The number of imidazole rings is 1. The molecule has 20 heavy (non-hydrogen) atoms. The van der Waals surface area contributed by atoms with Crippen LogP contribution in [0.2, 0.25) is 0 Å². The highest BCUT2D eigenvalue weighted by Crippen LogP contribution is 2.19. The Bertz CT molecular complexity index is 653. The molecule has 0 amide bonds. The molecule has 0 bridgehead atoms. The summed E-state index contributed by atoms with van der Waals surface area (Å²) in [5, 5.41) is 2.04. The second-order valence-electron chi connectivity index (χ2n) is 4.95. The van der Waals surface area contributed by atoms with Crippen LogP contribution in [0, 0.1) is 6.92 Å². The number of aromatic nitrogens is 3. The van der Waals surface area contributed by atoms with Gasteiger partial charge in [-0.05, 0) is 36.9 Å². The first kappa shape index (κ1) is 13.1. The molecule has 0 fully saturated rings. The zero-order valence-electron chi connectivity index (χ0n) is 11.5. The van der Waals surface area contributed by atoms with Gasteiger partial charge in [0.25, 0.3) is 0 Å². The van der Waals surface area contributed by atoms with E-state index in [2.05, 4.69) is 45.1 Å². The number of rotatable bonds is 5. The SMILES string of the molecule is Cc1ccc(CCCn2ccnc2-c2cnsc2)cc1. The number of nitrogens with zero attached hydrogens (tertiary/aromatic N) is 3. The lowest BCUT2D eigenvalue weighted by atomic mass is 10.1. The fraction of sp³-hybridized carbons (Fsp3) is 0.250. The lowest BCUT2D eigenvalue weighted by Crippen LogP contribution is -2.00. The summed E-state index contributed by atoms with van der Waals surface area (Å²) >= 11 is 1.47. The Morgan fingerprint density at radius 1 is 1.20 bits per heavy atom. The van der Waals surface area contributed by atoms with Gasteiger partial charge in [0, 0.05) is 29.9 Å². The van der Waals surface area contributed by atoms with Gasteiger partial charge >= 0.3 is 0 Å². The maximum Gasteiger partial charge on any atom is 0.142 e. The van der Waals surface area contributed by atoms with Crippen molar-refractivity contribution < 1.29 is 0 Å². The summed E-state index contributed by atoms with van der Waals surface area (Å²) < 4.78 is 6.35. The van der Waals surface area contributed by atoms with E-state index in [1.165, 1.54) is 22.7 Å². The molecule has 2 heterocycles. The summed E-state index contributed by atoms with van der Waals surface area (Å²) in [6.07, 6.45) is 7.99. The maximum absolute atomic E-state index is 4.43. The van der Waals surface area contributed by atoms with Crippen molar-refractivity contribution in [1.82, 2.24) is 13.9 Å². The molecule has 102 valence electrons. The molecule has 1 aromatic carbocycles. The van der Waals surface area contributed by atoms with Crippen LogP contribution in [0.5, 0.6) is 0 Å². The van der Waals surface area contributed by atoms with E-state index in [1.54, 1.807) is 0 Å². The molecule has 3 rings (SSSR count). The standard InChI is InChI=1S/C16H17N3S/c1-13-4-6-14(7-5-13)3-2-9-19-10-8-17-16(19)15-11-18-20-12-15/h4-8,10-12H,2-3,9H2,1H3. The molecule has 2 aromatic heterocycles. The van der Waals surface area contributed by atoms with E-state index < -0.39 is 0 Å². The van der Waals surface area contributed by atoms with E-state index in [4.69, 9.17) is 0 Å². The molecular formula is C16H17N3S. The van der Waals surface area contributed by atoms with E-state index in [1.807, 2.05) is 24.0 Å². The van der Waals surface area contributed by atoms with Crippen LogP contribution in [0.1, 0.15) is 17.5 Å². The van der Waals surface area contributed by atoms with E-state index in [9.17, 15) is 0 Å². The topological polar surface area (TPSA) is 30.7 Å². The first-order valence-corrected chi connectivity index (χ1v) is 7.63. The monoisotopic (exact) mass is 283 g/mol. The number of aryl methyl sites for hydroxylation is 3. The molecule has 4 heteroatoms. The molecule has 0 atom stereocenters. The van der Waals surface area contributed by atoms with Crippen molar-refractivity contribution in [2.45, 2.75) is 26.3 Å². The van der Waals surface area contributed by atoms with Crippen molar-refractivity contribution in [3.63, 3.8) is 0 Å². The smallest absolute Gasteiger partial charge is 0.142 e. The minimum atomic E-state index is 0.985. The molecule has 0 spiro atoms. The van der Waals surface area contributed by atoms with Gasteiger partial charge in [-0.25, -0.2) is 9.36 Å². The van der Waals surface area contributed by atoms with Crippen molar-refractivity contribution in [1.29, 1.82) is 0 Å².